The number of halogens is 1. The average molecular weight is 242 g/mol. The van der Waals surface area contributed by atoms with Gasteiger partial charge in [-0.15, -0.1) is 0 Å². The molecule has 3 rings (SSSR count). The van der Waals surface area contributed by atoms with Crippen molar-refractivity contribution < 1.29 is 0 Å². The summed E-state index contributed by atoms with van der Waals surface area (Å²) in [4.78, 5) is 0. The Kier molecular flexibility index (Phi) is 2.50. The van der Waals surface area contributed by atoms with Crippen LogP contribution in [0, 0.1) is 0 Å². The van der Waals surface area contributed by atoms with Crippen molar-refractivity contribution >= 4 is 33.1 Å². The summed E-state index contributed by atoms with van der Waals surface area (Å²) in [6.07, 6.45) is 0. The van der Waals surface area contributed by atoms with Crippen LogP contribution in [0.25, 0.3) is 21.5 Å². The zero-order valence-corrected chi connectivity index (χ0v) is 10.0. The lowest BCUT2D eigenvalue weighted by atomic mass is 9.99. The predicted molar refractivity (Wildman–Crippen MR) is 74.4 cm³/mol. The van der Waals surface area contributed by atoms with Crippen molar-refractivity contribution in [3.63, 3.8) is 0 Å². The van der Waals surface area contributed by atoms with Gasteiger partial charge in [0, 0.05) is 17.3 Å². The van der Waals surface area contributed by atoms with E-state index >= 15 is 0 Å². The van der Waals surface area contributed by atoms with Gasteiger partial charge >= 0.3 is 0 Å². The summed E-state index contributed by atoms with van der Waals surface area (Å²) in [6, 6.07) is 16.4. The molecule has 0 saturated heterocycles. The minimum Gasteiger partial charge on any atom is -0.326 e. The number of rotatable bonds is 1. The van der Waals surface area contributed by atoms with E-state index in [9.17, 15) is 0 Å². The minimum absolute atomic E-state index is 0.509. The summed E-state index contributed by atoms with van der Waals surface area (Å²) in [5, 5.41) is 5.29. The highest BCUT2D eigenvalue weighted by atomic mass is 35.5. The molecule has 17 heavy (non-hydrogen) atoms. The molecular weight excluding hydrogens is 230 g/mol. The fourth-order valence-electron chi connectivity index (χ4n) is 2.30. The van der Waals surface area contributed by atoms with Crippen LogP contribution < -0.4 is 5.73 Å². The number of hydrogen-bond acceptors (Lipinski definition) is 1. The van der Waals surface area contributed by atoms with Crippen LogP contribution in [0.4, 0.5) is 0 Å². The van der Waals surface area contributed by atoms with Crippen molar-refractivity contribution in [2.45, 2.75) is 6.54 Å². The summed E-state index contributed by atoms with van der Waals surface area (Å²) in [5.41, 5.74) is 6.87. The molecule has 2 heteroatoms. The first kappa shape index (κ1) is 10.6. The standard InChI is InChI=1S/C15H12ClN/c16-15-13-7-2-1-4-10(13)8-11-5-3-6-12(9-17)14(11)15/h1-8H,9,17H2. The van der Waals surface area contributed by atoms with Gasteiger partial charge in [-0.05, 0) is 22.4 Å². The third-order valence-corrected chi connectivity index (χ3v) is 3.52. The Morgan fingerprint density at radius 3 is 2.53 bits per heavy atom. The molecule has 0 bridgehead atoms. The van der Waals surface area contributed by atoms with Crippen LogP contribution in [0.2, 0.25) is 5.02 Å². The molecule has 3 aromatic carbocycles. The van der Waals surface area contributed by atoms with Crippen molar-refractivity contribution in [3.05, 3.63) is 59.1 Å². The van der Waals surface area contributed by atoms with Gasteiger partial charge in [0.2, 0.25) is 0 Å². The van der Waals surface area contributed by atoms with Gasteiger partial charge in [-0.25, -0.2) is 0 Å². The molecule has 0 atom stereocenters. The first-order valence-corrected chi connectivity index (χ1v) is 5.98. The molecule has 2 N–H and O–H groups in total. The zero-order valence-electron chi connectivity index (χ0n) is 9.28. The Balaban J connectivity index is 2.55. The molecular formula is C15H12ClN. The molecule has 84 valence electrons. The van der Waals surface area contributed by atoms with Gasteiger partial charge in [-0.2, -0.15) is 0 Å². The van der Waals surface area contributed by atoms with E-state index in [0.717, 1.165) is 26.7 Å². The van der Waals surface area contributed by atoms with Crippen molar-refractivity contribution in [2.75, 3.05) is 0 Å². The SMILES string of the molecule is NCc1cccc2cc3ccccc3c(Cl)c12. The van der Waals surface area contributed by atoms with Crippen molar-refractivity contribution in [3.8, 4) is 0 Å². The monoisotopic (exact) mass is 241 g/mol. The van der Waals surface area contributed by atoms with Crippen LogP contribution in [0.5, 0.6) is 0 Å². The molecule has 0 radical (unpaired) electrons. The maximum absolute atomic E-state index is 6.50. The van der Waals surface area contributed by atoms with E-state index in [4.69, 9.17) is 17.3 Å². The Morgan fingerprint density at radius 2 is 1.71 bits per heavy atom. The molecule has 0 saturated carbocycles. The summed E-state index contributed by atoms with van der Waals surface area (Å²) in [7, 11) is 0. The second-order valence-electron chi connectivity index (χ2n) is 4.13. The molecule has 3 aromatic rings. The van der Waals surface area contributed by atoms with E-state index in [1.807, 2.05) is 30.3 Å². The molecule has 0 aromatic heterocycles. The van der Waals surface area contributed by atoms with Gasteiger partial charge < -0.3 is 5.73 Å². The van der Waals surface area contributed by atoms with Crippen LogP contribution in [0.1, 0.15) is 5.56 Å². The van der Waals surface area contributed by atoms with E-state index in [-0.39, 0.29) is 0 Å². The lowest BCUT2D eigenvalue weighted by Crippen LogP contribution is -1.97. The van der Waals surface area contributed by atoms with E-state index in [1.54, 1.807) is 0 Å². The van der Waals surface area contributed by atoms with Gasteiger partial charge in [0.05, 0.1) is 5.02 Å². The molecule has 1 nitrogen and oxygen atoms in total. The second kappa shape index (κ2) is 4.02. The molecule has 0 aliphatic carbocycles. The largest absolute Gasteiger partial charge is 0.326 e. The fourth-order valence-corrected chi connectivity index (χ4v) is 2.71. The van der Waals surface area contributed by atoms with Gasteiger partial charge in [-0.3, -0.25) is 0 Å². The highest BCUT2D eigenvalue weighted by Crippen LogP contribution is 2.34. The van der Waals surface area contributed by atoms with Crippen LogP contribution in [0.15, 0.2) is 48.5 Å². The highest BCUT2D eigenvalue weighted by molar-refractivity contribution is 6.41. The first-order valence-electron chi connectivity index (χ1n) is 5.60. The lowest BCUT2D eigenvalue weighted by molar-refractivity contribution is 1.09. The fraction of sp³-hybridized carbons (Fsp3) is 0.0667. The normalized spacial score (nSPS) is 11.2. The molecule has 0 fully saturated rings. The lowest BCUT2D eigenvalue weighted by Gasteiger charge is -2.09. The summed E-state index contributed by atoms with van der Waals surface area (Å²) in [5.74, 6) is 0. The molecule has 0 unspecified atom stereocenters. The van der Waals surface area contributed by atoms with Gasteiger partial charge in [0.1, 0.15) is 0 Å². The number of benzene rings is 3. The summed E-state index contributed by atoms with van der Waals surface area (Å²) < 4.78 is 0. The number of nitrogens with two attached hydrogens (primary N) is 1. The molecule has 0 aliphatic heterocycles. The van der Waals surface area contributed by atoms with Crippen LogP contribution in [-0.2, 0) is 6.54 Å². The van der Waals surface area contributed by atoms with Crippen molar-refractivity contribution in [1.82, 2.24) is 0 Å². The third-order valence-electron chi connectivity index (χ3n) is 3.13. The van der Waals surface area contributed by atoms with Gasteiger partial charge in [-0.1, -0.05) is 54.1 Å². The third kappa shape index (κ3) is 1.59. The van der Waals surface area contributed by atoms with Gasteiger partial charge in [0.15, 0.2) is 0 Å². The maximum atomic E-state index is 6.50. The molecule has 0 heterocycles. The Labute approximate surface area is 105 Å². The Hall–Kier alpha value is -1.57. The van der Waals surface area contributed by atoms with Gasteiger partial charge in [0.25, 0.3) is 0 Å². The summed E-state index contributed by atoms with van der Waals surface area (Å²) in [6.45, 7) is 0.509. The minimum atomic E-state index is 0.509. The highest BCUT2D eigenvalue weighted by Gasteiger charge is 2.08. The molecule has 0 aliphatic rings. The number of fused-ring (bicyclic) bond motifs is 2. The molecule has 0 amide bonds. The topological polar surface area (TPSA) is 26.0 Å². The van der Waals surface area contributed by atoms with E-state index in [2.05, 4.69) is 18.2 Å². The van der Waals surface area contributed by atoms with Crippen molar-refractivity contribution in [1.29, 1.82) is 0 Å². The van der Waals surface area contributed by atoms with Crippen LogP contribution in [0.3, 0.4) is 0 Å². The Bertz CT molecular complexity index is 704. The second-order valence-corrected chi connectivity index (χ2v) is 4.51. The Morgan fingerprint density at radius 1 is 0.941 bits per heavy atom. The quantitative estimate of drug-likeness (QED) is 0.638. The zero-order chi connectivity index (χ0) is 11.8. The van der Waals surface area contributed by atoms with Crippen LogP contribution in [-0.4, -0.2) is 0 Å². The smallest absolute Gasteiger partial charge is 0.0566 e. The van der Waals surface area contributed by atoms with Crippen molar-refractivity contribution in [2.24, 2.45) is 5.73 Å². The average Bonchev–Trinajstić information content (AvgIpc) is 2.38. The predicted octanol–water partition coefficient (Wildman–Crippen LogP) is 4.11. The molecule has 0 spiro atoms. The number of hydrogen-bond donors (Lipinski definition) is 1. The maximum Gasteiger partial charge on any atom is 0.0566 e. The van der Waals surface area contributed by atoms with E-state index in [0.29, 0.717) is 6.54 Å². The van der Waals surface area contributed by atoms with Crippen LogP contribution >= 0.6 is 11.6 Å². The summed E-state index contributed by atoms with van der Waals surface area (Å²) >= 11 is 6.50. The first-order chi connectivity index (χ1) is 8.31. The van der Waals surface area contributed by atoms with E-state index < -0.39 is 0 Å². The van der Waals surface area contributed by atoms with E-state index in [1.165, 1.54) is 5.39 Å².